The van der Waals surface area contributed by atoms with Crippen LogP contribution in [0.1, 0.15) is 11.1 Å². The Labute approximate surface area is 121 Å². The van der Waals surface area contributed by atoms with E-state index in [1.54, 1.807) is 42.5 Å². The molecule has 19 heavy (non-hydrogen) atoms. The SMILES string of the molecule is NC(=S)c1ccc(OCc2ccc(O)cc2)cc1Cl. The van der Waals surface area contributed by atoms with Crippen LogP contribution in [-0.2, 0) is 6.61 Å². The molecule has 5 heteroatoms. The smallest absolute Gasteiger partial charge is 0.121 e. The minimum absolute atomic E-state index is 0.229. The van der Waals surface area contributed by atoms with Crippen molar-refractivity contribution in [3.05, 3.63) is 58.6 Å². The molecule has 2 aromatic rings. The Morgan fingerprint density at radius 1 is 1.21 bits per heavy atom. The van der Waals surface area contributed by atoms with Gasteiger partial charge in [0.15, 0.2) is 0 Å². The Bertz CT molecular complexity index is 599. The normalized spacial score (nSPS) is 10.2. The van der Waals surface area contributed by atoms with Crippen LogP contribution in [0.5, 0.6) is 11.5 Å². The van der Waals surface area contributed by atoms with Gasteiger partial charge in [-0.15, -0.1) is 0 Å². The van der Waals surface area contributed by atoms with Crippen molar-refractivity contribution in [2.45, 2.75) is 6.61 Å². The first-order chi connectivity index (χ1) is 9.06. The van der Waals surface area contributed by atoms with Gasteiger partial charge in [-0.2, -0.15) is 0 Å². The predicted molar refractivity (Wildman–Crippen MR) is 79.8 cm³/mol. The van der Waals surface area contributed by atoms with E-state index in [1.165, 1.54) is 0 Å². The molecule has 0 saturated carbocycles. The number of halogens is 1. The average molecular weight is 294 g/mol. The molecule has 0 aliphatic rings. The maximum Gasteiger partial charge on any atom is 0.121 e. The van der Waals surface area contributed by atoms with Crippen molar-refractivity contribution in [3.8, 4) is 11.5 Å². The van der Waals surface area contributed by atoms with Gasteiger partial charge in [0.05, 0.1) is 5.02 Å². The average Bonchev–Trinajstić information content (AvgIpc) is 2.37. The van der Waals surface area contributed by atoms with Crippen LogP contribution in [-0.4, -0.2) is 10.1 Å². The van der Waals surface area contributed by atoms with Gasteiger partial charge in [0.2, 0.25) is 0 Å². The van der Waals surface area contributed by atoms with E-state index in [-0.39, 0.29) is 10.7 Å². The number of hydrogen-bond acceptors (Lipinski definition) is 3. The lowest BCUT2D eigenvalue weighted by Gasteiger charge is -2.08. The molecule has 0 spiro atoms. The van der Waals surface area contributed by atoms with Crippen molar-refractivity contribution in [1.29, 1.82) is 0 Å². The lowest BCUT2D eigenvalue weighted by Crippen LogP contribution is -2.09. The second-order valence-electron chi connectivity index (χ2n) is 3.96. The van der Waals surface area contributed by atoms with E-state index in [4.69, 9.17) is 34.3 Å². The topological polar surface area (TPSA) is 55.5 Å². The number of phenols is 1. The van der Waals surface area contributed by atoms with Gasteiger partial charge >= 0.3 is 0 Å². The van der Waals surface area contributed by atoms with E-state index in [2.05, 4.69) is 0 Å². The fourth-order valence-electron chi connectivity index (χ4n) is 1.54. The molecule has 0 saturated heterocycles. The summed E-state index contributed by atoms with van der Waals surface area (Å²) in [5.41, 5.74) is 7.11. The van der Waals surface area contributed by atoms with Gasteiger partial charge in [0.25, 0.3) is 0 Å². The van der Waals surface area contributed by atoms with Crippen molar-refractivity contribution in [2.24, 2.45) is 5.73 Å². The predicted octanol–water partition coefficient (Wildman–Crippen LogP) is 3.26. The lowest BCUT2D eigenvalue weighted by molar-refractivity contribution is 0.306. The van der Waals surface area contributed by atoms with Crippen LogP contribution in [0.25, 0.3) is 0 Å². The van der Waals surface area contributed by atoms with Crippen LogP contribution in [0.15, 0.2) is 42.5 Å². The van der Waals surface area contributed by atoms with Crippen LogP contribution < -0.4 is 10.5 Å². The van der Waals surface area contributed by atoms with Gasteiger partial charge in [-0.05, 0) is 35.9 Å². The number of hydrogen-bond donors (Lipinski definition) is 2. The molecule has 0 amide bonds. The highest BCUT2D eigenvalue weighted by molar-refractivity contribution is 7.80. The summed E-state index contributed by atoms with van der Waals surface area (Å²) in [5, 5.41) is 9.65. The van der Waals surface area contributed by atoms with Crippen molar-refractivity contribution in [2.75, 3.05) is 0 Å². The van der Waals surface area contributed by atoms with E-state index in [0.29, 0.717) is 22.9 Å². The highest BCUT2D eigenvalue weighted by Gasteiger charge is 2.05. The molecule has 0 aromatic heterocycles. The van der Waals surface area contributed by atoms with Crippen LogP contribution >= 0.6 is 23.8 Å². The summed E-state index contributed by atoms with van der Waals surface area (Å²) < 4.78 is 5.60. The van der Waals surface area contributed by atoms with Crippen LogP contribution in [0.2, 0.25) is 5.02 Å². The third kappa shape index (κ3) is 3.59. The Morgan fingerprint density at radius 3 is 2.47 bits per heavy atom. The number of rotatable bonds is 4. The molecule has 98 valence electrons. The summed E-state index contributed by atoms with van der Waals surface area (Å²) in [6.45, 7) is 0.392. The van der Waals surface area contributed by atoms with Gasteiger partial charge < -0.3 is 15.6 Å². The minimum Gasteiger partial charge on any atom is -0.508 e. The van der Waals surface area contributed by atoms with Crippen molar-refractivity contribution in [3.63, 3.8) is 0 Å². The summed E-state index contributed by atoms with van der Waals surface area (Å²) in [6.07, 6.45) is 0. The van der Waals surface area contributed by atoms with Gasteiger partial charge in [-0.25, -0.2) is 0 Å². The second kappa shape index (κ2) is 5.91. The molecule has 0 aliphatic carbocycles. The first-order valence-corrected chi connectivity index (χ1v) is 6.35. The molecule has 0 radical (unpaired) electrons. The molecule has 2 rings (SSSR count). The molecule has 0 fully saturated rings. The highest BCUT2D eigenvalue weighted by atomic mass is 35.5. The van der Waals surface area contributed by atoms with Gasteiger partial charge in [0, 0.05) is 5.56 Å². The van der Waals surface area contributed by atoms with Crippen LogP contribution in [0.4, 0.5) is 0 Å². The number of aromatic hydroxyl groups is 1. The maximum absolute atomic E-state index is 9.18. The van der Waals surface area contributed by atoms with Crippen molar-refractivity contribution >= 4 is 28.8 Å². The molecular weight excluding hydrogens is 282 g/mol. The van der Waals surface area contributed by atoms with Gasteiger partial charge in [0.1, 0.15) is 23.1 Å². The largest absolute Gasteiger partial charge is 0.508 e. The van der Waals surface area contributed by atoms with E-state index < -0.39 is 0 Å². The first-order valence-electron chi connectivity index (χ1n) is 5.56. The fraction of sp³-hybridized carbons (Fsp3) is 0.0714. The summed E-state index contributed by atoms with van der Waals surface area (Å²) in [6, 6.07) is 12.0. The summed E-state index contributed by atoms with van der Waals surface area (Å²) in [7, 11) is 0. The zero-order valence-corrected chi connectivity index (χ0v) is 11.5. The minimum atomic E-state index is 0.229. The lowest BCUT2D eigenvalue weighted by atomic mass is 10.2. The summed E-state index contributed by atoms with van der Waals surface area (Å²) >= 11 is 10.9. The Hall–Kier alpha value is -1.78. The Kier molecular flexibility index (Phi) is 4.24. The number of nitrogens with two attached hydrogens (primary N) is 1. The van der Waals surface area contributed by atoms with Crippen LogP contribution in [0.3, 0.4) is 0 Å². The quantitative estimate of drug-likeness (QED) is 0.850. The number of thiocarbonyl (C=S) groups is 1. The molecule has 0 aliphatic heterocycles. The zero-order valence-electron chi connectivity index (χ0n) is 9.97. The molecule has 3 N–H and O–H groups in total. The molecule has 0 heterocycles. The first kappa shape index (κ1) is 13.6. The summed E-state index contributed by atoms with van der Waals surface area (Å²) in [5.74, 6) is 0.866. The third-order valence-electron chi connectivity index (χ3n) is 2.55. The molecule has 2 aromatic carbocycles. The maximum atomic E-state index is 9.18. The van der Waals surface area contributed by atoms with Gasteiger partial charge in [-0.3, -0.25) is 0 Å². The van der Waals surface area contributed by atoms with E-state index >= 15 is 0 Å². The highest BCUT2D eigenvalue weighted by Crippen LogP contribution is 2.23. The van der Waals surface area contributed by atoms with Crippen LogP contribution in [0, 0.1) is 0 Å². The fourth-order valence-corrected chi connectivity index (χ4v) is 2.05. The van der Waals surface area contributed by atoms with Crippen molar-refractivity contribution < 1.29 is 9.84 Å². The number of ether oxygens (including phenoxy) is 1. The molecule has 0 bridgehead atoms. The van der Waals surface area contributed by atoms with E-state index in [1.807, 2.05) is 0 Å². The monoisotopic (exact) mass is 293 g/mol. The van der Waals surface area contributed by atoms with Gasteiger partial charge in [-0.1, -0.05) is 36.0 Å². The van der Waals surface area contributed by atoms with E-state index in [0.717, 1.165) is 5.56 Å². The standard InChI is InChI=1S/C14H12ClNO2S/c15-13-7-11(5-6-12(13)14(16)19)18-8-9-1-3-10(17)4-2-9/h1-7,17H,8H2,(H2,16,19). The summed E-state index contributed by atoms with van der Waals surface area (Å²) in [4.78, 5) is 0.259. The Morgan fingerprint density at radius 2 is 1.89 bits per heavy atom. The number of benzene rings is 2. The van der Waals surface area contributed by atoms with Crippen molar-refractivity contribution in [1.82, 2.24) is 0 Å². The third-order valence-corrected chi connectivity index (χ3v) is 3.08. The molecule has 0 unspecified atom stereocenters. The molecule has 3 nitrogen and oxygen atoms in total. The Balaban J connectivity index is 2.06. The number of phenolic OH excluding ortho intramolecular Hbond substituents is 1. The zero-order chi connectivity index (χ0) is 13.8. The van der Waals surface area contributed by atoms with E-state index in [9.17, 15) is 5.11 Å². The molecule has 0 atom stereocenters. The second-order valence-corrected chi connectivity index (χ2v) is 4.81. The molecular formula is C14H12ClNO2S.